The molecule has 9 aromatic carbocycles. The second-order valence-corrected chi connectivity index (χ2v) is 24.4. The second kappa shape index (κ2) is 16.1. The number of rotatable bonds is 4. The summed E-state index contributed by atoms with van der Waals surface area (Å²) >= 11 is 0. The predicted molar refractivity (Wildman–Crippen MR) is 318 cm³/mol. The number of aryl methyl sites for hydroxylation is 3. The summed E-state index contributed by atoms with van der Waals surface area (Å²) in [4.78, 5) is 5.20. The van der Waals surface area contributed by atoms with Gasteiger partial charge >= 0.3 is 0 Å². The standard InChI is InChI=1S/C69H64BN3O/c1-41-35-42(2)62(43(3)36-41)44-37-59-63-60(38-44)72(49-32-27-46(28-33-49)68(7,8)9)64-55(70(63)54-39-47(69(10,11)12)29-34-58(54)71(59)48-30-25-45(26-31-48)67(4,5)6)40-53-52-21-15-18-24-61(52)74-66(53)65(64)73-56-22-16-13-19-50(56)51-20-14-17-23-57(51)73/h13-40H,1-12H3. The van der Waals surface area contributed by atoms with Gasteiger partial charge in [-0.3, -0.25) is 0 Å². The van der Waals surface area contributed by atoms with Gasteiger partial charge in [0.25, 0.3) is 6.71 Å². The van der Waals surface area contributed by atoms with Crippen LogP contribution in [0.3, 0.4) is 0 Å². The van der Waals surface area contributed by atoms with Crippen LogP contribution < -0.4 is 26.2 Å². The van der Waals surface area contributed by atoms with Gasteiger partial charge < -0.3 is 18.8 Å². The molecule has 0 saturated heterocycles. The monoisotopic (exact) mass is 962 g/mol. The van der Waals surface area contributed by atoms with Crippen molar-refractivity contribution < 1.29 is 4.42 Å². The summed E-state index contributed by atoms with van der Waals surface area (Å²) in [6, 6.07) is 64.8. The largest absolute Gasteiger partial charge is 0.454 e. The van der Waals surface area contributed by atoms with E-state index in [0.717, 1.165) is 55.7 Å². The molecular formula is C69H64BN3O. The summed E-state index contributed by atoms with van der Waals surface area (Å²) in [7, 11) is 0. The first-order chi connectivity index (χ1) is 35.3. The fourth-order valence-corrected chi connectivity index (χ4v) is 12.7. The molecule has 0 N–H and O–H groups in total. The van der Waals surface area contributed by atoms with Crippen molar-refractivity contribution in [2.45, 2.75) is 99.3 Å². The molecule has 0 unspecified atom stereocenters. The number of para-hydroxylation sites is 3. The highest BCUT2D eigenvalue weighted by Crippen LogP contribution is 2.52. The number of hydrogen-bond donors (Lipinski definition) is 0. The highest BCUT2D eigenvalue weighted by Gasteiger charge is 2.46. The van der Waals surface area contributed by atoms with E-state index in [9.17, 15) is 0 Å². The number of furan rings is 1. The van der Waals surface area contributed by atoms with Gasteiger partial charge in [0, 0.05) is 50.0 Å². The summed E-state index contributed by atoms with van der Waals surface area (Å²) in [6.07, 6.45) is 0. The Hall–Kier alpha value is -7.76. The Balaban J connectivity index is 1.26. The molecule has 0 fully saturated rings. The zero-order valence-corrected chi connectivity index (χ0v) is 45.0. The molecule has 5 heteroatoms. The molecule has 13 rings (SSSR count). The Morgan fingerprint density at radius 3 is 1.49 bits per heavy atom. The summed E-state index contributed by atoms with van der Waals surface area (Å²) in [6.45, 7) is 27.5. The van der Waals surface area contributed by atoms with Crippen LogP contribution in [-0.4, -0.2) is 11.3 Å². The molecular weight excluding hydrogens is 898 g/mol. The molecule has 11 aromatic rings. The molecule has 0 atom stereocenters. The van der Waals surface area contributed by atoms with Gasteiger partial charge in [-0.2, -0.15) is 0 Å². The van der Waals surface area contributed by atoms with Crippen LogP contribution in [0.15, 0.2) is 174 Å². The minimum atomic E-state index is -0.151. The molecule has 0 aliphatic carbocycles. The lowest BCUT2D eigenvalue weighted by Crippen LogP contribution is -2.61. The van der Waals surface area contributed by atoms with Crippen molar-refractivity contribution in [2.75, 3.05) is 9.80 Å². The normalized spacial score (nSPS) is 13.6. The maximum Gasteiger partial charge on any atom is 0.252 e. The molecule has 2 aliphatic rings. The fraction of sp³-hybridized carbons (Fsp3) is 0.217. The van der Waals surface area contributed by atoms with Gasteiger partial charge in [-0.25, -0.2) is 0 Å². The van der Waals surface area contributed by atoms with E-state index in [0.29, 0.717) is 0 Å². The van der Waals surface area contributed by atoms with Gasteiger partial charge in [0.2, 0.25) is 0 Å². The molecule has 2 aliphatic heterocycles. The topological polar surface area (TPSA) is 24.6 Å². The first kappa shape index (κ1) is 46.1. The van der Waals surface area contributed by atoms with Gasteiger partial charge in [0.15, 0.2) is 5.58 Å². The molecule has 74 heavy (non-hydrogen) atoms. The van der Waals surface area contributed by atoms with Crippen LogP contribution in [-0.2, 0) is 16.2 Å². The van der Waals surface area contributed by atoms with Gasteiger partial charge in [0.1, 0.15) is 11.3 Å². The zero-order valence-electron chi connectivity index (χ0n) is 45.0. The third-order valence-corrected chi connectivity index (χ3v) is 16.3. The van der Waals surface area contributed by atoms with Crippen LogP contribution in [0.4, 0.5) is 34.1 Å². The SMILES string of the molecule is Cc1cc(C)c(-c2cc3c4c(c2)N(c2ccc(C(C)(C)C)cc2)c2c(cc5c(oc6ccccc65)c2-n2c5ccccc5c5ccccc52)B4c2cc(C(C)(C)C)ccc2N3c2ccc(C(C)(C)C)cc2)c(C)c1. The minimum absolute atomic E-state index is 0.00797. The average molecular weight is 962 g/mol. The molecule has 2 aromatic heterocycles. The van der Waals surface area contributed by atoms with E-state index in [4.69, 9.17) is 4.42 Å². The molecule has 0 saturated carbocycles. The lowest BCUT2D eigenvalue weighted by Gasteiger charge is -2.45. The Bertz CT molecular complexity index is 4040. The van der Waals surface area contributed by atoms with Crippen LogP contribution in [0.1, 0.15) is 95.7 Å². The highest BCUT2D eigenvalue weighted by molar-refractivity contribution is 7.00. The van der Waals surface area contributed by atoms with E-state index in [1.807, 2.05) is 0 Å². The van der Waals surface area contributed by atoms with Crippen LogP contribution in [0.25, 0.3) is 60.6 Å². The van der Waals surface area contributed by atoms with Crippen LogP contribution >= 0.6 is 0 Å². The van der Waals surface area contributed by atoms with Crippen LogP contribution in [0.5, 0.6) is 0 Å². The predicted octanol–water partition coefficient (Wildman–Crippen LogP) is 17.3. The van der Waals surface area contributed by atoms with Crippen LogP contribution in [0, 0.1) is 20.8 Å². The molecule has 364 valence electrons. The first-order valence-corrected chi connectivity index (χ1v) is 26.5. The maximum absolute atomic E-state index is 7.34. The Kier molecular flexibility index (Phi) is 10.0. The van der Waals surface area contributed by atoms with Gasteiger partial charge in [-0.1, -0.05) is 177 Å². The number of anilines is 6. The Labute approximate surface area is 437 Å². The van der Waals surface area contributed by atoms with Crippen molar-refractivity contribution >= 4 is 101 Å². The molecule has 0 radical (unpaired) electrons. The van der Waals surface area contributed by atoms with Crippen molar-refractivity contribution in [1.29, 1.82) is 0 Å². The van der Waals surface area contributed by atoms with E-state index in [1.165, 1.54) is 88.7 Å². The van der Waals surface area contributed by atoms with Crippen molar-refractivity contribution in [3.05, 3.63) is 203 Å². The van der Waals surface area contributed by atoms with E-state index in [2.05, 4.69) is 267 Å². The van der Waals surface area contributed by atoms with E-state index in [-0.39, 0.29) is 23.0 Å². The third-order valence-electron chi connectivity index (χ3n) is 16.3. The minimum Gasteiger partial charge on any atom is -0.454 e. The fourth-order valence-electron chi connectivity index (χ4n) is 12.7. The van der Waals surface area contributed by atoms with Crippen molar-refractivity contribution in [3.8, 4) is 16.8 Å². The Morgan fingerprint density at radius 1 is 0.419 bits per heavy atom. The van der Waals surface area contributed by atoms with Crippen molar-refractivity contribution in [3.63, 3.8) is 0 Å². The van der Waals surface area contributed by atoms with Gasteiger partial charge in [0.05, 0.1) is 16.7 Å². The maximum atomic E-state index is 7.34. The number of fused-ring (bicyclic) bond motifs is 10. The van der Waals surface area contributed by atoms with E-state index < -0.39 is 0 Å². The zero-order chi connectivity index (χ0) is 51.3. The summed E-state index contributed by atoms with van der Waals surface area (Å²) in [5.74, 6) is 0. The number of benzene rings is 9. The molecule has 0 spiro atoms. The second-order valence-electron chi connectivity index (χ2n) is 24.4. The lowest BCUT2D eigenvalue weighted by molar-refractivity contribution is 0.590. The first-order valence-electron chi connectivity index (χ1n) is 26.5. The Morgan fingerprint density at radius 2 is 0.919 bits per heavy atom. The van der Waals surface area contributed by atoms with E-state index >= 15 is 0 Å². The summed E-state index contributed by atoms with van der Waals surface area (Å²) < 4.78 is 9.86. The van der Waals surface area contributed by atoms with E-state index in [1.54, 1.807) is 0 Å². The van der Waals surface area contributed by atoms with Crippen LogP contribution in [0.2, 0.25) is 0 Å². The smallest absolute Gasteiger partial charge is 0.252 e. The third kappa shape index (κ3) is 6.95. The molecule has 0 amide bonds. The lowest BCUT2D eigenvalue weighted by atomic mass is 9.33. The van der Waals surface area contributed by atoms with Crippen molar-refractivity contribution in [2.24, 2.45) is 0 Å². The van der Waals surface area contributed by atoms with Gasteiger partial charge in [-0.15, -0.1) is 0 Å². The number of hydrogen-bond acceptors (Lipinski definition) is 3. The average Bonchev–Trinajstić information content (AvgIpc) is 3.90. The molecule has 4 nitrogen and oxygen atoms in total. The highest BCUT2D eigenvalue weighted by atomic mass is 16.3. The molecule has 0 bridgehead atoms. The van der Waals surface area contributed by atoms with Crippen molar-refractivity contribution in [1.82, 2.24) is 4.57 Å². The molecule has 4 heterocycles. The number of aromatic nitrogens is 1. The number of nitrogens with zero attached hydrogens (tertiary/aromatic N) is 3. The quantitative estimate of drug-likeness (QED) is 0.164. The summed E-state index contributed by atoms with van der Waals surface area (Å²) in [5.41, 5.74) is 25.9. The van der Waals surface area contributed by atoms with Gasteiger partial charge in [-0.05, 0) is 153 Å². The summed E-state index contributed by atoms with van der Waals surface area (Å²) in [5, 5.41) is 4.65.